The van der Waals surface area contributed by atoms with Gasteiger partial charge in [0, 0.05) is 51.3 Å². The van der Waals surface area contributed by atoms with E-state index < -0.39 is 42.6 Å². The molecule has 2 unspecified atom stereocenters. The maximum absolute atomic E-state index is 13.5. The van der Waals surface area contributed by atoms with Gasteiger partial charge in [-0.25, -0.2) is 9.48 Å². The molecule has 1 aromatic heterocycles. The maximum Gasteiger partial charge on any atom is 0.409 e. The van der Waals surface area contributed by atoms with E-state index in [1.165, 1.54) is 25.4 Å². The number of nitrogens with zero attached hydrogens (tertiary/aromatic N) is 5. The number of carbonyl (C=O) groups excluding carboxylic acids is 5. The first kappa shape index (κ1) is 34.2. The van der Waals surface area contributed by atoms with Gasteiger partial charge in [-0.05, 0) is 51.2 Å². The molecule has 2 atom stereocenters. The smallest absolute Gasteiger partial charge is 0.409 e. The second kappa shape index (κ2) is 15.6. The lowest BCUT2D eigenvalue weighted by molar-refractivity contribution is -0.140. The lowest BCUT2D eigenvalue weighted by Crippen LogP contribution is -2.56. The number of carboxylic acids is 1. The molecule has 0 spiro atoms. The van der Waals surface area contributed by atoms with Crippen molar-refractivity contribution in [2.24, 2.45) is 0 Å². The molecule has 1 saturated carbocycles. The van der Waals surface area contributed by atoms with Gasteiger partial charge in [0.1, 0.15) is 12.1 Å². The van der Waals surface area contributed by atoms with Gasteiger partial charge in [0.2, 0.25) is 17.7 Å². The van der Waals surface area contributed by atoms with E-state index in [0.717, 1.165) is 12.8 Å². The Morgan fingerprint density at radius 3 is 2.35 bits per heavy atom. The number of carboxylic acid groups (broad SMARTS) is 1. The lowest BCUT2D eigenvalue weighted by atomic mass is 10.1. The van der Waals surface area contributed by atoms with Gasteiger partial charge in [0.05, 0.1) is 12.3 Å². The lowest BCUT2D eigenvalue weighted by Gasteiger charge is -2.35. The summed E-state index contributed by atoms with van der Waals surface area (Å²) in [4.78, 5) is 80.8. The van der Waals surface area contributed by atoms with E-state index >= 15 is 0 Å². The zero-order valence-electron chi connectivity index (χ0n) is 26.8. The van der Waals surface area contributed by atoms with E-state index in [-0.39, 0.29) is 75.1 Å². The number of para-hydroxylation sites is 1. The standard InChI is InChI=1S/C32H41N7O9/c1-2-47-32(46)37-17-15-36(16-18-37)31(45)23(12-13-28(41)42)34-29(43)24-19-27(39(35-24)22-7-4-3-5-8-22)48-20-26(40)38-14-6-9-25(38)30(44)33-21-10-11-21/h3-5,7-8,19,21,23,25H,2,6,9-18,20H2,1H3,(H,33,44)(H,34,43)(H,41,42). The second-order valence-corrected chi connectivity index (χ2v) is 11.9. The minimum atomic E-state index is -1.18. The fraction of sp³-hybridized carbons (Fsp3) is 0.531. The third-order valence-corrected chi connectivity index (χ3v) is 8.42. The molecule has 3 N–H and O–H groups in total. The normalized spacial score (nSPS) is 18.2. The van der Waals surface area contributed by atoms with Crippen molar-refractivity contribution in [2.75, 3.05) is 45.9 Å². The van der Waals surface area contributed by atoms with Crippen molar-refractivity contribution in [3.63, 3.8) is 0 Å². The van der Waals surface area contributed by atoms with Crippen LogP contribution in [0, 0.1) is 0 Å². The topological polar surface area (TPSA) is 193 Å². The quantitative estimate of drug-likeness (QED) is 0.275. The first-order valence-corrected chi connectivity index (χ1v) is 16.3. The van der Waals surface area contributed by atoms with E-state index in [0.29, 0.717) is 25.1 Å². The molecule has 5 amide bonds. The van der Waals surface area contributed by atoms with E-state index in [4.69, 9.17) is 9.47 Å². The number of aliphatic carboxylic acids is 1. The predicted octanol–water partition coefficient (Wildman–Crippen LogP) is 0.785. The van der Waals surface area contributed by atoms with Crippen molar-refractivity contribution < 1.29 is 43.3 Å². The fourth-order valence-electron chi connectivity index (χ4n) is 5.72. The third kappa shape index (κ3) is 8.60. The van der Waals surface area contributed by atoms with Crippen molar-refractivity contribution in [2.45, 2.75) is 63.6 Å². The van der Waals surface area contributed by atoms with Gasteiger partial charge in [-0.1, -0.05) is 18.2 Å². The van der Waals surface area contributed by atoms with Gasteiger partial charge in [-0.15, -0.1) is 0 Å². The number of likely N-dealkylation sites (tertiary alicyclic amines) is 1. The summed E-state index contributed by atoms with van der Waals surface area (Å²) in [6, 6.07) is 8.58. The highest BCUT2D eigenvalue weighted by Crippen LogP contribution is 2.24. The van der Waals surface area contributed by atoms with Gasteiger partial charge in [0.15, 0.2) is 12.3 Å². The minimum Gasteiger partial charge on any atom is -0.481 e. The SMILES string of the molecule is CCOC(=O)N1CCN(C(=O)C(CCC(=O)O)NC(=O)c2cc(OCC(=O)N3CCCC3C(=O)NC3CC3)n(-c3ccccc3)n2)CC1. The molecule has 5 rings (SSSR count). The Morgan fingerprint density at radius 1 is 0.979 bits per heavy atom. The van der Waals surface area contributed by atoms with E-state index in [9.17, 15) is 33.9 Å². The predicted molar refractivity (Wildman–Crippen MR) is 168 cm³/mol. The highest BCUT2D eigenvalue weighted by molar-refractivity contribution is 5.96. The minimum absolute atomic E-state index is 0.0846. The van der Waals surface area contributed by atoms with Crippen LogP contribution in [-0.4, -0.2) is 129 Å². The number of hydrogen-bond acceptors (Lipinski definition) is 9. The molecule has 3 aliphatic rings. The van der Waals surface area contributed by atoms with Crippen LogP contribution in [0.1, 0.15) is 55.9 Å². The van der Waals surface area contributed by atoms with Crippen LogP contribution in [0.25, 0.3) is 5.69 Å². The molecule has 1 aliphatic carbocycles. The number of nitrogens with one attached hydrogen (secondary N) is 2. The van der Waals surface area contributed by atoms with Crippen LogP contribution in [0.5, 0.6) is 5.88 Å². The van der Waals surface area contributed by atoms with Crippen LogP contribution in [0.4, 0.5) is 4.79 Å². The van der Waals surface area contributed by atoms with Crippen molar-refractivity contribution in [1.82, 2.24) is 35.1 Å². The van der Waals surface area contributed by atoms with Crippen LogP contribution in [-0.2, 0) is 23.9 Å². The summed E-state index contributed by atoms with van der Waals surface area (Å²) < 4.78 is 12.3. The summed E-state index contributed by atoms with van der Waals surface area (Å²) in [6.07, 6.45) is 2.14. The van der Waals surface area contributed by atoms with E-state index in [1.54, 1.807) is 37.3 Å². The maximum atomic E-state index is 13.5. The van der Waals surface area contributed by atoms with Gasteiger partial charge < -0.3 is 39.9 Å². The first-order chi connectivity index (χ1) is 23.1. The Bertz CT molecular complexity index is 1500. The number of carbonyl (C=O) groups is 6. The van der Waals surface area contributed by atoms with Crippen molar-refractivity contribution >= 4 is 35.7 Å². The Labute approximate surface area is 277 Å². The average molecular weight is 668 g/mol. The molecular formula is C32H41N7O9. The summed E-state index contributed by atoms with van der Waals surface area (Å²) in [6.45, 7) is 2.79. The summed E-state index contributed by atoms with van der Waals surface area (Å²) in [5.74, 6) is -2.81. The molecule has 2 saturated heterocycles. The third-order valence-electron chi connectivity index (χ3n) is 8.42. The van der Waals surface area contributed by atoms with Crippen LogP contribution >= 0.6 is 0 Å². The van der Waals surface area contributed by atoms with Crippen LogP contribution < -0.4 is 15.4 Å². The highest BCUT2D eigenvalue weighted by Gasteiger charge is 2.37. The van der Waals surface area contributed by atoms with Crippen LogP contribution in [0.2, 0.25) is 0 Å². The molecule has 2 aromatic rings. The zero-order chi connectivity index (χ0) is 34.2. The number of ether oxygens (including phenoxy) is 2. The molecule has 48 heavy (non-hydrogen) atoms. The van der Waals surface area contributed by atoms with E-state index in [2.05, 4.69) is 15.7 Å². The molecule has 1 aromatic carbocycles. The van der Waals surface area contributed by atoms with Crippen molar-refractivity contribution in [3.8, 4) is 11.6 Å². The van der Waals surface area contributed by atoms with Crippen molar-refractivity contribution in [3.05, 3.63) is 42.1 Å². The largest absolute Gasteiger partial charge is 0.481 e. The number of hydrogen-bond donors (Lipinski definition) is 3. The molecular weight excluding hydrogens is 626 g/mol. The van der Waals surface area contributed by atoms with Crippen molar-refractivity contribution in [1.29, 1.82) is 0 Å². The Hall–Kier alpha value is -5.15. The van der Waals surface area contributed by atoms with Gasteiger partial charge >= 0.3 is 12.1 Å². The second-order valence-electron chi connectivity index (χ2n) is 11.9. The summed E-state index contributed by atoms with van der Waals surface area (Å²) in [5, 5.41) is 19.3. The molecule has 3 heterocycles. The molecule has 0 bridgehead atoms. The van der Waals surface area contributed by atoms with Gasteiger partial charge in [0.25, 0.3) is 11.8 Å². The van der Waals surface area contributed by atoms with E-state index in [1.807, 2.05) is 0 Å². The summed E-state index contributed by atoms with van der Waals surface area (Å²) >= 11 is 0. The van der Waals surface area contributed by atoms with Gasteiger partial charge in [-0.3, -0.25) is 24.0 Å². The zero-order valence-corrected chi connectivity index (χ0v) is 26.8. The number of rotatable bonds is 13. The molecule has 16 nitrogen and oxygen atoms in total. The van der Waals surface area contributed by atoms with Crippen LogP contribution in [0.15, 0.2) is 36.4 Å². The molecule has 0 radical (unpaired) electrons. The molecule has 258 valence electrons. The number of piperazine rings is 1. The number of aromatic nitrogens is 2. The van der Waals surface area contributed by atoms with Gasteiger partial charge in [-0.2, -0.15) is 5.10 Å². The average Bonchev–Trinajstić information content (AvgIpc) is 3.57. The molecule has 3 fully saturated rings. The fourth-order valence-corrected chi connectivity index (χ4v) is 5.72. The monoisotopic (exact) mass is 667 g/mol. The highest BCUT2D eigenvalue weighted by atomic mass is 16.6. The Balaban J connectivity index is 1.28. The summed E-state index contributed by atoms with van der Waals surface area (Å²) in [7, 11) is 0. The molecule has 16 heteroatoms. The first-order valence-electron chi connectivity index (χ1n) is 16.3. The Morgan fingerprint density at radius 2 is 1.69 bits per heavy atom. The van der Waals surface area contributed by atoms with Crippen LogP contribution in [0.3, 0.4) is 0 Å². The number of benzene rings is 1. The Kier molecular flexibility index (Phi) is 11.1. The molecule has 2 aliphatic heterocycles. The summed E-state index contributed by atoms with van der Waals surface area (Å²) in [5.41, 5.74) is 0.421. The number of amides is 5.